The molecule has 7 heteroatoms. The van der Waals surface area contributed by atoms with Crippen molar-refractivity contribution < 1.29 is 19.0 Å². The van der Waals surface area contributed by atoms with Crippen LogP contribution in [0.4, 0.5) is 0 Å². The Morgan fingerprint density at radius 1 is 1.07 bits per heavy atom. The topological polar surface area (TPSA) is 60.4 Å². The van der Waals surface area contributed by atoms with Crippen molar-refractivity contribution in [3.05, 3.63) is 53.6 Å². The molecule has 3 rings (SSSR count). The van der Waals surface area contributed by atoms with Crippen LogP contribution in [0.2, 0.25) is 0 Å². The fraction of sp³-hybridized carbons (Fsp3) is 0.300. The molecule has 0 saturated heterocycles. The number of aliphatic imine (C=N–C) groups is 1. The number of amides is 1. The molecule has 0 aliphatic carbocycles. The van der Waals surface area contributed by atoms with E-state index in [-0.39, 0.29) is 5.91 Å². The van der Waals surface area contributed by atoms with Crippen LogP contribution in [0.15, 0.2) is 47.5 Å². The number of hydrogen-bond donors (Lipinski definition) is 0. The van der Waals surface area contributed by atoms with Crippen molar-refractivity contribution in [1.82, 2.24) is 4.90 Å². The van der Waals surface area contributed by atoms with E-state index in [4.69, 9.17) is 14.2 Å². The van der Waals surface area contributed by atoms with Gasteiger partial charge in [0.05, 0.1) is 27.9 Å². The largest absolute Gasteiger partial charge is 0.493 e. The van der Waals surface area contributed by atoms with Gasteiger partial charge in [0.15, 0.2) is 16.7 Å². The SMILES string of the molecule is COc1cc(C(=O)N2CCN=C2SCc2ccccc2)cc(OC)c1OC. The predicted octanol–water partition coefficient (Wildman–Crippen LogP) is 3.46. The molecule has 0 atom stereocenters. The fourth-order valence-electron chi connectivity index (χ4n) is 2.82. The maximum Gasteiger partial charge on any atom is 0.260 e. The monoisotopic (exact) mass is 386 g/mol. The summed E-state index contributed by atoms with van der Waals surface area (Å²) in [7, 11) is 4.60. The van der Waals surface area contributed by atoms with Crippen molar-refractivity contribution in [3.63, 3.8) is 0 Å². The minimum atomic E-state index is -0.133. The third kappa shape index (κ3) is 4.19. The molecule has 0 fully saturated rings. The smallest absolute Gasteiger partial charge is 0.260 e. The van der Waals surface area contributed by atoms with Crippen LogP contribution in [0.5, 0.6) is 17.2 Å². The minimum absolute atomic E-state index is 0.133. The normalized spacial score (nSPS) is 13.3. The first-order chi connectivity index (χ1) is 13.2. The number of carbonyl (C=O) groups excluding carboxylic acids is 1. The first-order valence-electron chi connectivity index (χ1n) is 8.51. The van der Waals surface area contributed by atoms with Crippen molar-refractivity contribution >= 4 is 22.8 Å². The van der Waals surface area contributed by atoms with E-state index in [0.29, 0.717) is 35.9 Å². The van der Waals surface area contributed by atoms with Crippen molar-refractivity contribution in [1.29, 1.82) is 0 Å². The molecule has 0 radical (unpaired) electrons. The zero-order valence-corrected chi connectivity index (χ0v) is 16.4. The van der Waals surface area contributed by atoms with Crippen molar-refractivity contribution in [2.24, 2.45) is 4.99 Å². The molecule has 27 heavy (non-hydrogen) atoms. The highest BCUT2D eigenvalue weighted by Gasteiger charge is 2.27. The summed E-state index contributed by atoms with van der Waals surface area (Å²) in [4.78, 5) is 19.3. The van der Waals surface area contributed by atoms with E-state index >= 15 is 0 Å². The summed E-state index contributed by atoms with van der Waals surface area (Å²) in [5, 5.41) is 0.734. The van der Waals surface area contributed by atoms with E-state index in [2.05, 4.69) is 17.1 Å². The van der Waals surface area contributed by atoms with Crippen LogP contribution in [0.3, 0.4) is 0 Å². The standard InChI is InChI=1S/C20H22N2O4S/c1-24-16-11-15(12-17(25-2)18(16)26-3)19(23)22-10-9-21-20(22)27-13-14-7-5-4-6-8-14/h4-8,11-12H,9-10,13H2,1-3H3. The zero-order valence-electron chi connectivity index (χ0n) is 15.6. The summed E-state index contributed by atoms with van der Waals surface area (Å²) in [5.74, 6) is 2.00. The second kappa shape index (κ2) is 8.81. The molecule has 0 N–H and O–H groups in total. The van der Waals surface area contributed by atoms with Gasteiger partial charge in [0.25, 0.3) is 5.91 Å². The predicted molar refractivity (Wildman–Crippen MR) is 107 cm³/mol. The van der Waals surface area contributed by atoms with Crippen LogP contribution in [0, 0.1) is 0 Å². The first kappa shape index (κ1) is 19.1. The molecule has 1 heterocycles. The lowest BCUT2D eigenvalue weighted by Gasteiger charge is -2.20. The molecule has 1 aliphatic rings. The summed E-state index contributed by atoms with van der Waals surface area (Å²) in [6.07, 6.45) is 0. The highest BCUT2D eigenvalue weighted by molar-refractivity contribution is 8.13. The van der Waals surface area contributed by atoms with E-state index in [9.17, 15) is 4.79 Å². The van der Waals surface area contributed by atoms with Gasteiger partial charge in [-0.15, -0.1) is 0 Å². The first-order valence-corrected chi connectivity index (χ1v) is 9.49. The minimum Gasteiger partial charge on any atom is -0.493 e. The maximum atomic E-state index is 13.1. The highest BCUT2D eigenvalue weighted by atomic mass is 32.2. The molecule has 2 aromatic carbocycles. The lowest BCUT2D eigenvalue weighted by Crippen LogP contribution is -2.32. The Morgan fingerprint density at radius 3 is 2.33 bits per heavy atom. The molecule has 2 aromatic rings. The average molecular weight is 386 g/mol. The second-order valence-corrected chi connectivity index (χ2v) is 6.75. The van der Waals surface area contributed by atoms with Crippen molar-refractivity contribution in [3.8, 4) is 17.2 Å². The van der Waals surface area contributed by atoms with Crippen LogP contribution in [-0.2, 0) is 5.75 Å². The van der Waals surface area contributed by atoms with E-state index in [0.717, 1.165) is 10.9 Å². The number of ether oxygens (including phenoxy) is 3. The van der Waals surface area contributed by atoms with E-state index < -0.39 is 0 Å². The summed E-state index contributed by atoms with van der Waals surface area (Å²) >= 11 is 1.56. The Hall–Kier alpha value is -2.67. The number of rotatable bonds is 6. The van der Waals surface area contributed by atoms with E-state index in [1.54, 1.807) is 28.8 Å². The van der Waals surface area contributed by atoms with Gasteiger partial charge < -0.3 is 14.2 Å². The molecule has 1 aliphatic heterocycles. The molecular formula is C20H22N2O4S. The number of hydrogen-bond acceptors (Lipinski definition) is 6. The van der Waals surface area contributed by atoms with Crippen molar-refractivity contribution in [2.45, 2.75) is 5.75 Å². The summed E-state index contributed by atoms with van der Waals surface area (Å²) in [5.41, 5.74) is 1.66. The zero-order chi connectivity index (χ0) is 19.2. The van der Waals surface area contributed by atoms with Gasteiger partial charge in [0.1, 0.15) is 0 Å². The number of methoxy groups -OCH3 is 3. The number of benzene rings is 2. The highest BCUT2D eigenvalue weighted by Crippen LogP contribution is 2.38. The van der Waals surface area contributed by atoms with Gasteiger partial charge >= 0.3 is 0 Å². The van der Waals surface area contributed by atoms with Gasteiger partial charge in [-0.3, -0.25) is 14.7 Å². The van der Waals surface area contributed by atoms with Gasteiger partial charge in [-0.25, -0.2) is 0 Å². The Morgan fingerprint density at radius 2 is 1.74 bits per heavy atom. The number of amidine groups is 1. The lowest BCUT2D eigenvalue weighted by molar-refractivity contribution is 0.0860. The summed E-state index contributed by atoms with van der Waals surface area (Å²) in [6.45, 7) is 1.17. The third-order valence-corrected chi connectivity index (χ3v) is 5.25. The van der Waals surface area contributed by atoms with E-state index in [1.165, 1.54) is 26.9 Å². The maximum absolute atomic E-state index is 13.1. The molecule has 6 nitrogen and oxygen atoms in total. The Bertz CT molecular complexity index is 814. The van der Waals surface area contributed by atoms with Crippen molar-refractivity contribution in [2.75, 3.05) is 34.4 Å². The van der Waals surface area contributed by atoms with Gasteiger partial charge in [0, 0.05) is 17.9 Å². The van der Waals surface area contributed by atoms with Crippen LogP contribution < -0.4 is 14.2 Å². The molecular weight excluding hydrogens is 364 g/mol. The Balaban J connectivity index is 1.79. The van der Waals surface area contributed by atoms with Crippen LogP contribution in [0.1, 0.15) is 15.9 Å². The van der Waals surface area contributed by atoms with Gasteiger partial charge in [0.2, 0.25) is 5.75 Å². The Labute approximate surface area is 163 Å². The quantitative estimate of drug-likeness (QED) is 0.761. The fourth-order valence-corrected chi connectivity index (χ4v) is 3.82. The molecule has 142 valence electrons. The molecule has 0 aromatic heterocycles. The lowest BCUT2D eigenvalue weighted by atomic mass is 10.1. The van der Waals surface area contributed by atoms with Crippen LogP contribution >= 0.6 is 11.8 Å². The molecule has 0 unspecified atom stereocenters. The third-order valence-electron chi connectivity index (χ3n) is 4.17. The van der Waals surface area contributed by atoms with E-state index in [1.807, 2.05) is 18.2 Å². The van der Waals surface area contributed by atoms with Crippen LogP contribution in [0.25, 0.3) is 0 Å². The summed E-state index contributed by atoms with van der Waals surface area (Å²) in [6, 6.07) is 13.5. The van der Waals surface area contributed by atoms with Gasteiger partial charge in [-0.1, -0.05) is 42.1 Å². The number of thioether (sulfide) groups is 1. The molecule has 0 bridgehead atoms. The molecule has 0 saturated carbocycles. The van der Waals surface area contributed by atoms with Gasteiger partial charge in [-0.2, -0.15) is 0 Å². The molecule has 1 amide bonds. The second-order valence-electron chi connectivity index (χ2n) is 5.81. The number of nitrogens with zero attached hydrogens (tertiary/aromatic N) is 2. The summed E-state index contributed by atoms with van der Waals surface area (Å²) < 4.78 is 16.0. The average Bonchev–Trinajstić information content (AvgIpc) is 3.19. The molecule has 0 spiro atoms. The van der Waals surface area contributed by atoms with Crippen LogP contribution in [-0.4, -0.2) is 50.4 Å². The Kier molecular flexibility index (Phi) is 6.24. The number of carbonyl (C=O) groups is 1. The van der Waals surface area contributed by atoms with Gasteiger partial charge in [-0.05, 0) is 17.7 Å².